The number of aryl methyl sites for hydroxylation is 1. The molecule has 17 heavy (non-hydrogen) atoms. The maximum Gasteiger partial charge on any atom is 0.232 e. The number of H-pyrrole nitrogens is 1. The Morgan fingerprint density at radius 1 is 1.29 bits per heavy atom. The van der Waals surface area contributed by atoms with Gasteiger partial charge in [0, 0.05) is 6.42 Å². The third-order valence-electron chi connectivity index (χ3n) is 2.69. The van der Waals surface area contributed by atoms with E-state index in [2.05, 4.69) is 9.97 Å². The van der Waals surface area contributed by atoms with E-state index in [-0.39, 0.29) is 5.88 Å². The Labute approximate surface area is 100 Å². The van der Waals surface area contributed by atoms with E-state index in [9.17, 15) is 5.11 Å². The van der Waals surface area contributed by atoms with Gasteiger partial charge in [0.25, 0.3) is 0 Å². The number of methoxy groups -OCH3 is 1. The number of imidazole rings is 1. The molecule has 2 N–H and O–H groups in total. The molecule has 0 aliphatic heterocycles. The van der Waals surface area contributed by atoms with Gasteiger partial charge in [-0.05, 0) is 24.1 Å². The van der Waals surface area contributed by atoms with E-state index in [0.717, 1.165) is 29.3 Å². The molecule has 1 heterocycles. The number of aromatic nitrogens is 2. The van der Waals surface area contributed by atoms with Crippen molar-refractivity contribution in [2.24, 2.45) is 0 Å². The second-order valence-corrected chi connectivity index (χ2v) is 3.86. The van der Waals surface area contributed by atoms with Crippen LogP contribution < -0.4 is 4.74 Å². The number of benzene rings is 1. The molecule has 0 aliphatic carbocycles. The van der Waals surface area contributed by atoms with Crippen LogP contribution in [0.25, 0.3) is 0 Å². The summed E-state index contributed by atoms with van der Waals surface area (Å²) in [4.78, 5) is 7.20. The third-order valence-corrected chi connectivity index (χ3v) is 2.69. The Bertz CT molecular complexity index is 489. The lowest BCUT2D eigenvalue weighted by Crippen LogP contribution is -1.91. The molecule has 0 unspecified atom stereocenters. The molecular formula is C13H16N2O2. The van der Waals surface area contributed by atoms with Crippen molar-refractivity contribution in [2.75, 3.05) is 7.11 Å². The lowest BCUT2D eigenvalue weighted by Gasteiger charge is -2.01. The van der Waals surface area contributed by atoms with Gasteiger partial charge in [-0.15, -0.1) is 0 Å². The molecule has 1 aromatic heterocycles. The molecule has 0 aliphatic rings. The minimum Gasteiger partial charge on any atom is -0.497 e. The number of hydrogen-bond donors (Lipinski definition) is 2. The highest BCUT2D eigenvalue weighted by atomic mass is 16.5. The third kappa shape index (κ3) is 2.58. The fourth-order valence-corrected chi connectivity index (χ4v) is 1.72. The minimum absolute atomic E-state index is 0.107. The molecule has 2 aromatic rings. The minimum atomic E-state index is 0.107. The Morgan fingerprint density at radius 3 is 2.53 bits per heavy atom. The number of rotatable bonds is 4. The summed E-state index contributed by atoms with van der Waals surface area (Å²) in [6, 6.07) is 7.81. The summed E-state index contributed by atoms with van der Waals surface area (Å²) in [7, 11) is 1.65. The van der Waals surface area contributed by atoms with Crippen molar-refractivity contribution < 1.29 is 9.84 Å². The van der Waals surface area contributed by atoms with Crippen LogP contribution in [0.4, 0.5) is 0 Å². The molecule has 0 bridgehead atoms. The Hall–Kier alpha value is -1.97. The van der Waals surface area contributed by atoms with Crippen LogP contribution in [0.15, 0.2) is 24.3 Å². The molecule has 4 nitrogen and oxygen atoms in total. The first kappa shape index (κ1) is 11.5. The van der Waals surface area contributed by atoms with Gasteiger partial charge in [0.15, 0.2) is 0 Å². The summed E-state index contributed by atoms with van der Waals surface area (Å²) in [6.45, 7) is 1.98. The summed E-state index contributed by atoms with van der Waals surface area (Å²) in [6.07, 6.45) is 1.43. The molecule has 0 saturated heterocycles. The molecule has 90 valence electrons. The van der Waals surface area contributed by atoms with E-state index >= 15 is 0 Å². The first-order valence-corrected chi connectivity index (χ1v) is 5.62. The van der Waals surface area contributed by atoms with Gasteiger partial charge >= 0.3 is 0 Å². The van der Waals surface area contributed by atoms with Crippen LogP contribution in [0, 0.1) is 0 Å². The van der Waals surface area contributed by atoms with E-state index in [1.807, 2.05) is 31.2 Å². The summed E-state index contributed by atoms with van der Waals surface area (Å²) in [5, 5.41) is 9.53. The summed E-state index contributed by atoms with van der Waals surface area (Å²) >= 11 is 0. The van der Waals surface area contributed by atoms with E-state index < -0.39 is 0 Å². The van der Waals surface area contributed by atoms with Crippen molar-refractivity contribution in [3.63, 3.8) is 0 Å². The zero-order chi connectivity index (χ0) is 12.3. The van der Waals surface area contributed by atoms with Gasteiger partial charge in [-0.2, -0.15) is 4.98 Å². The smallest absolute Gasteiger partial charge is 0.232 e. The van der Waals surface area contributed by atoms with Gasteiger partial charge in [-0.1, -0.05) is 19.1 Å². The molecule has 0 amide bonds. The zero-order valence-electron chi connectivity index (χ0n) is 10.0. The molecule has 1 aromatic carbocycles. The Balaban J connectivity index is 2.13. The molecule has 0 spiro atoms. The number of ether oxygens (including phenoxy) is 1. The van der Waals surface area contributed by atoms with Gasteiger partial charge in [0.05, 0.1) is 12.8 Å². The SMILES string of the molecule is CCc1[nH]c(Cc2ccc(OC)cc2)nc1O. The van der Waals surface area contributed by atoms with Crippen molar-refractivity contribution in [3.05, 3.63) is 41.3 Å². The van der Waals surface area contributed by atoms with E-state index in [4.69, 9.17) is 4.74 Å². The molecule has 4 heteroatoms. The van der Waals surface area contributed by atoms with Crippen LogP contribution in [0.5, 0.6) is 11.6 Å². The number of aromatic hydroxyl groups is 1. The molecular weight excluding hydrogens is 216 g/mol. The van der Waals surface area contributed by atoms with Crippen LogP contribution >= 0.6 is 0 Å². The van der Waals surface area contributed by atoms with E-state index in [1.54, 1.807) is 7.11 Å². The maximum absolute atomic E-state index is 9.53. The van der Waals surface area contributed by atoms with E-state index in [0.29, 0.717) is 6.42 Å². The van der Waals surface area contributed by atoms with Crippen molar-refractivity contribution >= 4 is 0 Å². The lowest BCUT2D eigenvalue weighted by molar-refractivity contribution is 0.414. The lowest BCUT2D eigenvalue weighted by atomic mass is 10.1. The highest BCUT2D eigenvalue weighted by Gasteiger charge is 2.07. The van der Waals surface area contributed by atoms with Crippen LogP contribution in [-0.2, 0) is 12.8 Å². The quantitative estimate of drug-likeness (QED) is 0.850. The molecule has 0 fully saturated rings. The predicted molar refractivity (Wildman–Crippen MR) is 65.4 cm³/mol. The van der Waals surface area contributed by atoms with Gasteiger partial charge in [-0.25, -0.2) is 0 Å². The number of hydrogen-bond acceptors (Lipinski definition) is 3. The van der Waals surface area contributed by atoms with Crippen LogP contribution in [0.1, 0.15) is 24.0 Å². The predicted octanol–water partition coefficient (Wildman–Crippen LogP) is 2.28. The van der Waals surface area contributed by atoms with E-state index in [1.165, 1.54) is 0 Å². The highest BCUT2D eigenvalue weighted by molar-refractivity contribution is 5.30. The normalized spacial score (nSPS) is 10.5. The van der Waals surface area contributed by atoms with Gasteiger partial charge in [0.1, 0.15) is 11.6 Å². The average molecular weight is 232 g/mol. The molecule has 0 atom stereocenters. The van der Waals surface area contributed by atoms with Crippen LogP contribution in [0.2, 0.25) is 0 Å². The molecule has 0 saturated carbocycles. The molecule has 0 radical (unpaired) electrons. The van der Waals surface area contributed by atoms with Crippen LogP contribution in [-0.4, -0.2) is 22.2 Å². The largest absolute Gasteiger partial charge is 0.497 e. The second-order valence-electron chi connectivity index (χ2n) is 3.86. The summed E-state index contributed by atoms with van der Waals surface area (Å²) in [5.41, 5.74) is 1.91. The van der Waals surface area contributed by atoms with Gasteiger partial charge < -0.3 is 14.8 Å². The van der Waals surface area contributed by atoms with Gasteiger partial charge in [-0.3, -0.25) is 0 Å². The molecule has 2 rings (SSSR count). The Kier molecular flexibility index (Phi) is 3.32. The summed E-state index contributed by atoms with van der Waals surface area (Å²) in [5.74, 6) is 1.73. The van der Waals surface area contributed by atoms with Gasteiger partial charge in [0.2, 0.25) is 5.88 Å². The number of nitrogens with one attached hydrogen (secondary N) is 1. The number of aromatic amines is 1. The maximum atomic E-state index is 9.53. The first-order valence-electron chi connectivity index (χ1n) is 5.62. The van der Waals surface area contributed by atoms with Crippen molar-refractivity contribution in [1.29, 1.82) is 0 Å². The first-order chi connectivity index (χ1) is 8.22. The topological polar surface area (TPSA) is 58.1 Å². The Morgan fingerprint density at radius 2 is 2.00 bits per heavy atom. The summed E-state index contributed by atoms with van der Waals surface area (Å²) < 4.78 is 5.10. The fourth-order valence-electron chi connectivity index (χ4n) is 1.72. The van der Waals surface area contributed by atoms with Crippen molar-refractivity contribution in [2.45, 2.75) is 19.8 Å². The van der Waals surface area contributed by atoms with Crippen molar-refractivity contribution in [1.82, 2.24) is 9.97 Å². The fraction of sp³-hybridized carbons (Fsp3) is 0.308. The standard InChI is InChI=1S/C13H16N2O2/c1-3-11-13(16)15-12(14-11)8-9-4-6-10(17-2)7-5-9/h4-7,16H,3,8H2,1-2H3,(H,14,15). The van der Waals surface area contributed by atoms with Crippen molar-refractivity contribution in [3.8, 4) is 11.6 Å². The number of nitrogens with zero attached hydrogens (tertiary/aromatic N) is 1. The second kappa shape index (κ2) is 4.91. The average Bonchev–Trinajstić information content (AvgIpc) is 2.70. The van der Waals surface area contributed by atoms with Crippen LogP contribution in [0.3, 0.4) is 0 Å². The zero-order valence-corrected chi connectivity index (χ0v) is 10.0. The highest BCUT2D eigenvalue weighted by Crippen LogP contribution is 2.17. The monoisotopic (exact) mass is 232 g/mol.